The Kier molecular flexibility index (Phi) is 6.58. The van der Waals surface area contributed by atoms with Gasteiger partial charge in [-0.25, -0.2) is 0 Å². The van der Waals surface area contributed by atoms with Crippen molar-refractivity contribution in [2.75, 3.05) is 32.2 Å². The highest BCUT2D eigenvalue weighted by Gasteiger charge is 2.02. The number of methoxy groups -OCH3 is 1. The van der Waals surface area contributed by atoms with Crippen LogP contribution in [0.1, 0.15) is 12.5 Å². The van der Waals surface area contributed by atoms with Gasteiger partial charge in [-0.2, -0.15) is 0 Å². The molecule has 2 aromatic carbocycles. The molecule has 0 aliphatic rings. The molecule has 0 radical (unpaired) electrons. The lowest BCUT2D eigenvalue weighted by atomic mass is 10.2. The number of anilines is 1. The summed E-state index contributed by atoms with van der Waals surface area (Å²) in [7, 11) is 1.66. The molecule has 22 heavy (non-hydrogen) atoms. The molecule has 0 aromatic heterocycles. The molecule has 0 heterocycles. The van der Waals surface area contributed by atoms with E-state index in [4.69, 9.17) is 14.2 Å². The summed E-state index contributed by atoms with van der Waals surface area (Å²) in [5, 5.41) is 3.40. The minimum atomic E-state index is 0.565. The number of nitrogens with one attached hydrogen (secondary N) is 1. The number of ether oxygens (including phenoxy) is 3. The molecular formula is C18H23NO3. The average molecular weight is 301 g/mol. The molecule has 0 unspecified atom stereocenters. The first-order valence-electron chi connectivity index (χ1n) is 7.50. The van der Waals surface area contributed by atoms with Gasteiger partial charge in [0.05, 0.1) is 18.9 Å². The molecule has 0 saturated carbocycles. The summed E-state index contributed by atoms with van der Waals surface area (Å²) >= 11 is 0. The predicted molar refractivity (Wildman–Crippen MR) is 88.8 cm³/mol. The smallest absolute Gasteiger partial charge is 0.142 e. The lowest BCUT2D eigenvalue weighted by Crippen LogP contribution is -2.05. The maximum absolute atomic E-state index is 5.61. The Morgan fingerprint density at radius 3 is 2.41 bits per heavy atom. The Balaban J connectivity index is 1.89. The Hall–Kier alpha value is -2.20. The van der Waals surface area contributed by atoms with Crippen LogP contribution in [0, 0.1) is 0 Å². The van der Waals surface area contributed by atoms with Gasteiger partial charge in [0, 0.05) is 13.7 Å². The first kappa shape index (κ1) is 16.2. The molecule has 0 fully saturated rings. The molecule has 0 spiro atoms. The lowest BCUT2D eigenvalue weighted by Gasteiger charge is -2.12. The van der Waals surface area contributed by atoms with Crippen LogP contribution >= 0.6 is 0 Å². The van der Waals surface area contributed by atoms with E-state index in [0.29, 0.717) is 19.8 Å². The first-order valence-corrected chi connectivity index (χ1v) is 7.50. The van der Waals surface area contributed by atoms with Gasteiger partial charge in [0.25, 0.3) is 0 Å². The zero-order valence-electron chi connectivity index (χ0n) is 13.2. The Morgan fingerprint density at radius 2 is 1.68 bits per heavy atom. The molecule has 0 saturated heterocycles. The topological polar surface area (TPSA) is 39.7 Å². The van der Waals surface area contributed by atoms with Crippen LogP contribution in [0.15, 0.2) is 48.5 Å². The fourth-order valence-corrected chi connectivity index (χ4v) is 2.04. The van der Waals surface area contributed by atoms with E-state index in [1.807, 2.05) is 43.3 Å². The van der Waals surface area contributed by atoms with E-state index in [2.05, 4.69) is 17.4 Å². The van der Waals surface area contributed by atoms with Crippen molar-refractivity contribution in [1.29, 1.82) is 0 Å². The summed E-state index contributed by atoms with van der Waals surface area (Å²) in [5.74, 6) is 1.74. The highest BCUT2D eigenvalue weighted by atomic mass is 16.5. The van der Waals surface area contributed by atoms with Crippen LogP contribution in [0.2, 0.25) is 0 Å². The van der Waals surface area contributed by atoms with Gasteiger partial charge in [-0.1, -0.05) is 24.3 Å². The molecule has 0 aliphatic heterocycles. The van der Waals surface area contributed by atoms with Crippen LogP contribution in [0.25, 0.3) is 0 Å². The van der Waals surface area contributed by atoms with Crippen molar-refractivity contribution in [3.8, 4) is 11.5 Å². The summed E-state index contributed by atoms with van der Waals surface area (Å²) in [5.41, 5.74) is 2.19. The SMILES string of the molecule is CCOc1ccccc1NCc1ccc(OCCOC)cc1. The Bertz CT molecular complexity index is 555. The number of para-hydroxylation sites is 2. The monoisotopic (exact) mass is 301 g/mol. The molecule has 0 bridgehead atoms. The molecule has 4 nitrogen and oxygen atoms in total. The molecule has 118 valence electrons. The van der Waals surface area contributed by atoms with Crippen LogP contribution in [0.5, 0.6) is 11.5 Å². The highest BCUT2D eigenvalue weighted by Crippen LogP contribution is 2.24. The minimum Gasteiger partial charge on any atom is -0.492 e. The van der Waals surface area contributed by atoms with Crippen LogP contribution in [0.3, 0.4) is 0 Å². The normalized spacial score (nSPS) is 10.3. The highest BCUT2D eigenvalue weighted by molar-refractivity contribution is 5.56. The fraction of sp³-hybridized carbons (Fsp3) is 0.333. The number of hydrogen-bond donors (Lipinski definition) is 1. The van der Waals surface area contributed by atoms with Gasteiger partial charge in [0.15, 0.2) is 0 Å². The molecule has 0 aliphatic carbocycles. The van der Waals surface area contributed by atoms with Crippen molar-refractivity contribution in [2.24, 2.45) is 0 Å². The van der Waals surface area contributed by atoms with Gasteiger partial charge in [0.2, 0.25) is 0 Å². The quantitative estimate of drug-likeness (QED) is 0.717. The van der Waals surface area contributed by atoms with Crippen molar-refractivity contribution in [1.82, 2.24) is 0 Å². The maximum Gasteiger partial charge on any atom is 0.142 e. The largest absolute Gasteiger partial charge is 0.492 e. The number of benzene rings is 2. The second kappa shape index (κ2) is 8.95. The van der Waals surface area contributed by atoms with Crippen LogP contribution in [-0.4, -0.2) is 26.9 Å². The summed E-state index contributed by atoms with van der Waals surface area (Å²) in [6.45, 7) is 4.54. The molecule has 2 rings (SSSR count). The average Bonchev–Trinajstić information content (AvgIpc) is 2.56. The van der Waals surface area contributed by atoms with E-state index in [1.165, 1.54) is 5.56 Å². The summed E-state index contributed by atoms with van der Waals surface area (Å²) < 4.78 is 16.1. The summed E-state index contributed by atoms with van der Waals surface area (Å²) in [4.78, 5) is 0. The molecule has 0 atom stereocenters. The van der Waals surface area contributed by atoms with Crippen molar-refractivity contribution in [3.05, 3.63) is 54.1 Å². The maximum atomic E-state index is 5.61. The van der Waals surface area contributed by atoms with Gasteiger partial charge in [-0.15, -0.1) is 0 Å². The zero-order valence-corrected chi connectivity index (χ0v) is 13.2. The first-order chi connectivity index (χ1) is 10.8. The summed E-state index contributed by atoms with van der Waals surface area (Å²) in [6, 6.07) is 16.0. The number of hydrogen-bond acceptors (Lipinski definition) is 4. The molecule has 0 amide bonds. The third kappa shape index (κ3) is 4.97. The summed E-state index contributed by atoms with van der Waals surface area (Å²) in [6.07, 6.45) is 0. The van der Waals surface area contributed by atoms with E-state index in [-0.39, 0.29) is 0 Å². The van der Waals surface area contributed by atoms with Gasteiger partial charge in [0.1, 0.15) is 18.1 Å². The van der Waals surface area contributed by atoms with Gasteiger partial charge >= 0.3 is 0 Å². The molecule has 1 N–H and O–H groups in total. The van der Waals surface area contributed by atoms with E-state index in [1.54, 1.807) is 7.11 Å². The lowest BCUT2D eigenvalue weighted by molar-refractivity contribution is 0.146. The standard InChI is InChI=1S/C18H23NO3/c1-3-21-18-7-5-4-6-17(18)19-14-15-8-10-16(11-9-15)22-13-12-20-2/h4-11,19H,3,12-14H2,1-2H3. The van der Waals surface area contributed by atoms with Gasteiger partial charge in [-0.3, -0.25) is 0 Å². The van der Waals surface area contributed by atoms with E-state index in [9.17, 15) is 0 Å². The van der Waals surface area contributed by atoms with E-state index < -0.39 is 0 Å². The molecule has 2 aromatic rings. The van der Waals surface area contributed by atoms with Gasteiger partial charge < -0.3 is 19.5 Å². The van der Waals surface area contributed by atoms with Crippen molar-refractivity contribution >= 4 is 5.69 Å². The van der Waals surface area contributed by atoms with Crippen molar-refractivity contribution in [3.63, 3.8) is 0 Å². The zero-order chi connectivity index (χ0) is 15.6. The molecule has 4 heteroatoms. The van der Waals surface area contributed by atoms with Crippen molar-refractivity contribution < 1.29 is 14.2 Å². The van der Waals surface area contributed by atoms with E-state index >= 15 is 0 Å². The molecular weight excluding hydrogens is 278 g/mol. The Morgan fingerprint density at radius 1 is 0.909 bits per heavy atom. The van der Waals surface area contributed by atoms with Crippen LogP contribution in [-0.2, 0) is 11.3 Å². The van der Waals surface area contributed by atoms with Gasteiger partial charge in [-0.05, 0) is 36.8 Å². The number of rotatable bonds is 9. The third-order valence-corrected chi connectivity index (χ3v) is 3.15. The second-order valence-corrected chi connectivity index (χ2v) is 4.77. The van der Waals surface area contributed by atoms with Crippen LogP contribution < -0.4 is 14.8 Å². The second-order valence-electron chi connectivity index (χ2n) is 4.77. The van der Waals surface area contributed by atoms with E-state index in [0.717, 1.165) is 23.7 Å². The minimum absolute atomic E-state index is 0.565. The van der Waals surface area contributed by atoms with Crippen molar-refractivity contribution in [2.45, 2.75) is 13.5 Å². The third-order valence-electron chi connectivity index (χ3n) is 3.15. The predicted octanol–water partition coefficient (Wildman–Crippen LogP) is 3.72. The fourth-order valence-electron chi connectivity index (χ4n) is 2.04. The Labute approximate surface area is 132 Å². The van der Waals surface area contributed by atoms with Crippen LogP contribution in [0.4, 0.5) is 5.69 Å².